The average molecular weight is 491 g/mol. The number of para-hydroxylation sites is 2. The third kappa shape index (κ3) is 4.10. The number of fused-ring (bicyclic) bond motifs is 2. The number of hydrogen-bond acceptors (Lipinski definition) is 5. The molecule has 3 unspecified atom stereocenters. The van der Waals surface area contributed by atoms with Gasteiger partial charge in [0.2, 0.25) is 0 Å². The molecule has 37 heavy (non-hydrogen) atoms. The molecule has 1 aromatic heterocycles. The fourth-order valence-electron chi connectivity index (χ4n) is 5.39. The number of rotatable bonds is 4. The molecule has 1 aliphatic carbocycles. The highest BCUT2D eigenvalue weighted by atomic mass is 16.5. The van der Waals surface area contributed by atoms with Gasteiger partial charge >= 0.3 is 0 Å². The van der Waals surface area contributed by atoms with Crippen molar-refractivity contribution in [2.45, 2.75) is 18.4 Å². The monoisotopic (exact) mass is 490 g/mol. The molecule has 184 valence electrons. The summed E-state index contributed by atoms with van der Waals surface area (Å²) in [5.74, 6) is 0.571. The fourth-order valence-corrected chi connectivity index (χ4v) is 5.39. The van der Waals surface area contributed by atoms with Crippen LogP contribution < -0.4 is 15.0 Å². The highest BCUT2D eigenvalue weighted by molar-refractivity contribution is 6.09. The van der Waals surface area contributed by atoms with E-state index in [0.717, 1.165) is 28.4 Å². The number of ether oxygens (including phenoxy) is 1. The summed E-state index contributed by atoms with van der Waals surface area (Å²) in [4.78, 5) is 29.9. The molecule has 1 amide bonds. The zero-order valence-electron chi connectivity index (χ0n) is 20.3. The topological polar surface area (TPSA) is 71.8 Å². The summed E-state index contributed by atoms with van der Waals surface area (Å²) in [6.07, 6.45) is 4.00. The van der Waals surface area contributed by atoms with Gasteiger partial charge < -0.3 is 14.5 Å². The van der Waals surface area contributed by atoms with Crippen LogP contribution >= 0.6 is 0 Å². The molecule has 0 fully saturated rings. The number of anilines is 2. The Morgan fingerprint density at radius 3 is 2.43 bits per heavy atom. The predicted molar refractivity (Wildman–Crippen MR) is 142 cm³/mol. The first-order valence-corrected chi connectivity index (χ1v) is 12.3. The maximum Gasteiger partial charge on any atom is 0.258 e. The third-order valence-corrected chi connectivity index (χ3v) is 7.13. The lowest BCUT2D eigenvalue weighted by molar-refractivity contribution is -0.123. The lowest BCUT2D eigenvalue weighted by atomic mass is 9.77. The van der Waals surface area contributed by atoms with E-state index < -0.39 is 12.0 Å². The van der Waals surface area contributed by atoms with Crippen molar-refractivity contribution < 1.29 is 18.7 Å². The van der Waals surface area contributed by atoms with Crippen molar-refractivity contribution in [2.75, 3.05) is 17.3 Å². The van der Waals surface area contributed by atoms with Crippen molar-refractivity contribution in [3.05, 3.63) is 126 Å². The van der Waals surface area contributed by atoms with Gasteiger partial charge in [0, 0.05) is 23.6 Å². The maximum atomic E-state index is 14.2. The first-order valence-electron chi connectivity index (χ1n) is 12.3. The van der Waals surface area contributed by atoms with Gasteiger partial charge in [-0.2, -0.15) is 0 Å². The Bertz CT molecular complexity index is 1460. The van der Waals surface area contributed by atoms with E-state index in [9.17, 15) is 9.59 Å². The number of allylic oxidation sites excluding steroid dienone is 1. The molecular formula is C31H26N2O4. The van der Waals surface area contributed by atoms with Crippen molar-refractivity contribution in [3.63, 3.8) is 0 Å². The van der Waals surface area contributed by atoms with Gasteiger partial charge in [-0.3, -0.25) is 14.5 Å². The van der Waals surface area contributed by atoms with Crippen LogP contribution in [0, 0.1) is 5.92 Å². The Balaban J connectivity index is 1.57. The highest BCUT2D eigenvalue weighted by Crippen LogP contribution is 2.48. The molecular weight excluding hydrogens is 464 g/mol. The lowest BCUT2D eigenvalue weighted by Crippen LogP contribution is -2.42. The van der Waals surface area contributed by atoms with Crippen LogP contribution in [0.2, 0.25) is 0 Å². The minimum Gasteiger partial charge on any atom is -0.497 e. The molecule has 2 aliphatic rings. The van der Waals surface area contributed by atoms with E-state index in [-0.39, 0.29) is 17.6 Å². The zero-order valence-corrected chi connectivity index (χ0v) is 20.3. The molecule has 2 heterocycles. The van der Waals surface area contributed by atoms with Gasteiger partial charge in [0.15, 0.2) is 0 Å². The number of Topliss-reactive ketones (excluding diaryl/α,β-unsaturated/α-hetero) is 1. The molecule has 0 bridgehead atoms. The summed E-state index contributed by atoms with van der Waals surface area (Å²) in [5, 5.41) is 3.52. The summed E-state index contributed by atoms with van der Waals surface area (Å²) in [5.41, 5.74) is 3.67. The van der Waals surface area contributed by atoms with E-state index >= 15 is 0 Å². The molecule has 3 aromatic carbocycles. The van der Waals surface area contributed by atoms with Crippen LogP contribution in [0.15, 0.2) is 113 Å². The molecule has 1 N–H and O–H groups in total. The Kier molecular flexibility index (Phi) is 5.85. The summed E-state index contributed by atoms with van der Waals surface area (Å²) < 4.78 is 11.0. The second-order valence-corrected chi connectivity index (χ2v) is 9.29. The van der Waals surface area contributed by atoms with Crippen molar-refractivity contribution in [1.82, 2.24) is 0 Å². The normalized spacial score (nSPS) is 20.7. The number of benzene rings is 3. The summed E-state index contributed by atoms with van der Waals surface area (Å²) in [6.45, 7) is 0. The number of furan rings is 1. The molecule has 1 aliphatic heterocycles. The Morgan fingerprint density at radius 2 is 1.70 bits per heavy atom. The number of ketones is 1. The van der Waals surface area contributed by atoms with Crippen LogP contribution in [0.5, 0.6) is 5.75 Å². The standard InChI is InChI=1S/C31H26N2O4/c1-36-23-15-13-20(14-16-23)30-29-25(18-22(19-27(29)34)28-12-7-17-37-28)32-24-10-5-6-11-26(24)33(30)31(35)21-8-3-2-4-9-21/h2-18,22,29-30,32H,19H2,1H3. The molecule has 6 nitrogen and oxygen atoms in total. The summed E-state index contributed by atoms with van der Waals surface area (Å²) >= 11 is 0. The van der Waals surface area contributed by atoms with Gasteiger partial charge in [-0.15, -0.1) is 0 Å². The van der Waals surface area contributed by atoms with E-state index in [2.05, 4.69) is 11.4 Å². The molecule has 6 rings (SSSR count). The largest absolute Gasteiger partial charge is 0.497 e. The van der Waals surface area contributed by atoms with Crippen molar-refractivity contribution in [3.8, 4) is 5.75 Å². The van der Waals surface area contributed by atoms with Crippen molar-refractivity contribution in [1.29, 1.82) is 0 Å². The van der Waals surface area contributed by atoms with E-state index in [1.807, 2.05) is 78.9 Å². The highest BCUT2D eigenvalue weighted by Gasteiger charge is 2.45. The fraction of sp³-hybridized carbons (Fsp3) is 0.161. The summed E-state index contributed by atoms with van der Waals surface area (Å²) in [6, 6.07) is 27.7. The zero-order chi connectivity index (χ0) is 25.4. The molecule has 0 radical (unpaired) electrons. The average Bonchev–Trinajstić information content (AvgIpc) is 3.43. The number of methoxy groups -OCH3 is 1. The van der Waals surface area contributed by atoms with Gasteiger partial charge in [-0.05, 0) is 54.1 Å². The van der Waals surface area contributed by atoms with Gasteiger partial charge in [-0.25, -0.2) is 0 Å². The second-order valence-electron chi connectivity index (χ2n) is 9.29. The number of amides is 1. The Labute approximate surface area is 215 Å². The minimum atomic E-state index is -0.584. The number of carbonyl (C=O) groups is 2. The first-order chi connectivity index (χ1) is 18.1. The molecule has 4 aromatic rings. The van der Waals surface area contributed by atoms with E-state index in [1.165, 1.54) is 0 Å². The predicted octanol–water partition coefficient (Wildman–Crippen LogP) is 6.36. The van der Waals surface area contributed by atoms with Crippen LogP contribution in [0.25, 0.3) is 0 Å². The van der Waals surface area contributed by atoms with Crippen LogP contribution in [-0.4, -0.2) is 18.8 Å². The summed E-state index contributed by atoms with van der Waals surface area (Å²) in [7, 11) is 1.62. The van der Waals surface area contributed by atoms with Gasteiger partial charge in [0.05, 0.1) is 36.7 Å². The minimum absolute atomic E-state index is 0.0471. The van der Waals surface area contributed by atoms with E-state index in [1.54, 1.807) is 30.4 Å². The Morgan fingerprint density at radius 1 is 0.946 bits per heavy atom. The third-order valence-electron chi connectivity index (χ3n) is 7.13. The Hall–Kier alpha value is -4.58. The molecule has 0 saturated heterocycles. The quantitative estimate of drug-likeness (QED) is 0.360. The van der Waals surface area contributed by atoms with Gasteiger partial charge in [0.25, 0.3) is 5.91 Å². The molecule has 0 spiro atoms. The number of hydrogen-bond donors (Lipinski definition) is 1. The van der Waals surface area contributed by atoms with Gasteiger partial charge in [0.1, 0.15) is 17.3 Å². The van der Waals surface area contributed by atoms with Crippen molar-refractivity contribution in [2.24, 2.45) is 5.92 Å². The van der Waals surface area contributed by atoms with Crippen LogP contribution in [-0.2, 0) is 4.79 Å². The molecule has 0 saturated carbocycles. The molecule has 6 heteroatoms. The van der Waals surface area contributed by atoms with Crippen LogP contribution in [0.1, 0.15) is 40.1 Å². The van der Waals surface area contributed by atoms with Crippen LogP contribution in [0.3, 0.4) is 0 Å². The smallest absolute Gasteiger partial charge is 0.258 e. The molecule has 3 atom stereocenters. The van der Waals surface area contributed by atoms with E-state index in [4.69, 9.17) is 9.15 Å². The van der Waals surface area contributed by atoms with Crippen LogP contribution in [0.4, 0.5) is 11.4 Å². The second kappa shape index (κ2) is 9.47. The number of carbonyl (C=O) groups excluding carboxylic acids is 2. The SMILES string of the molecule is COc1ccc(C2C3C(=O)CC(c4ccco4)C=C3Nc3ccccc3N2C(=O)c2ccccc2)cc1. The number of nitrogens with zero attached hydrogens (tertiary/aromatic N) is 1. The number of nitrogens with one attached hydrogen (secondary N) is 1. The maximum absolute atomic E-state index is 14.2. The first kappa shape index (κ1) is 22.9. The van der Waals surface area contributed by atoms with E-state index in [0.29, 0.717) is 17.7 Å². The van der Waals surface area contributed by atoms with Gasteiger partial charge in [-0.1, -0.05) is 48.5 Å². The lowest BCUT2D eigenvalue weighted by Gasteiger charge is -2.37. The van der Waals surface area contributed by atoms with Crippen molar-refractivity contribution >= 4 is 23.1 Å².